The van der Waals surface area contributed by atoms with E-state index in [1.54, 1.807) is 25.3 Å². The van der Waals surface area contributed by atoms with E-state index in [1.165, 1.54) is 14.2 Å². The van der Waals surface area contributed by atoms with Gasteiger partial charge in [0.15, 0.2) is 11.5 Å². The van der Waals surface area contributed by atoms with Gasteiger partial charge in [0.2, 0.25) is 5.75 Å². The number of aryl methyl sites for hydroxylation is 1. The summed E-state index contributed by atoms with van der Waals surface area (Å²) in [6.07, 6.45) is -1.02. The van der Waals surface area contributed by atoms with Crippen molar-refractivity contribution >= 4 is 23.2 Å². The molecule has 1 atom stereocenters. The molecule has 0 fully saturated rings. The number of hydrogen-bond acceptors (Lipinski definition) is 4. The first-order valence-electron chi connectivity index (χ1n) is 7.29. The van der Waals surface area contributed by atoms with Crippen molar-refractivity contribution in [2.75, 3.05) is 21.3 Å². The van der Waals surface area contributed by atoms with Crippen molar-refractivity contribution in [2.24, 2.45) is 0 Å². The van der Waals surface area contributed by atoms with E-state index in [1.807, 2.05) is 13.8 Å². The first-order valence-corrected chi connectivity index (χ1v) is 8.04. The Balaban J connectivity index is 2.75. The van der Waals surface area contributed by atoms with Gasteiger partial charge in [0.1, 0.15) is 6.10 Å². The van der Waals surface area contributed by atoms with Gasteiger partial charge in [-0.25, -0.2) is 0 Å². The van der Waals surface area contributed by atoms with Crippen molar-refractivity contribution in [1.29, 1.82) is 0 Å². The molecule has 130 valence electrons. The molecule has 2 rings (SSSR count). The smallest absolute Gasteiger partial charge is 0.203 e. The Morgan fingerprint density at radius 3 is 2.00 bits per heavy atom. The van der Waals surface area contributed by atoms with E-state index >= 15 is 0 Å². The van der Waals surface area contributed by atoms with Gasteiger partial charge < -0.3 is 19.3 Å². The lowest BCUT2D eigenvalue weighted by molar-refractivity contribution is 0.210. The number of hydrogen-bond donors (Lipinski definition) is 1. The third-order valence-corrected chi connectivity index (χ3v) is 4.76. The number of rotatable bonds is 5. The fraction of sp³-hybridized carbons (Fsp3) is 0.333. The molecule has 4 nitrogen and oxygen atoms in total. The number of methoxy groups -OCH3 is 3. The van der Waals surface area contributed by atoms with E-state index < -0.39 is 6.10 Å². The summed E-state index contributed by atoms with van der Waals surface area (Å²) in [5, 5.41) is 12.0. The van der Waals surface area contributed by atoms with Crippen molar-refractivity contribution in [1.82, 2.24) is 0 Å². The predicted molar refractivity (Wildman–Crippen MR) is 96.1 cm³/mol. The van der Waals surface area contributed by atoms with Crippen LogP contribution in [0, 0.1) is 13.8 Å². The Kier molecular flexibility index (Phi) is 5.86. The number of halogens is 2. The molecule has 0 saturated heterocycles. The zero-order chi connectivity index (χ0) is 18.0. The molecular formula is C18H20Cl2O4. The molecule has 0 aromatic heterocycles. The number of ether oxygens (including phenoxy) is 3. The Morgan fingerprint density at radius 1 is 0.875 bits per heavy atom. The molecule has 0 bridgehead atoms. The highest BCUT2D eigenvalue weighted by Gasteiger charge is 2.27. The molecule has 0 saturated carbocycles. The van der Waals surface area contributed by atoms with Gasteiger partial charge in [-0.2, -0.15) is 0 Å². The lowest BCUT2D eigenvalue weighted by atomic mass is 9.93. The van der Waals surface area contributed by atoms with Gasteiger partial charge in [0.05, 0.1) is 21.3 Å². The molecule has 0 radical (unpaired) electrons. The van der Waals surface area contributed by atoms with E-state index in [9.17, 15) is 5.11 Å². The quantitative estimate of drug-likeness (QED) is 0.827. The molecule has 24 heavy (non-hydrogen) atoms. The van der Waals surface area contributed by atoms with Crippen LogP contribution in [0.25, 0.3) is 0 Å². The summed E-state index contributed by atoms with van der Waals surface area (Å²) < 4.78 is 16.2. The van der Waals surface area contributed by atoms with Gasteiger partial charge >= 0.3 is 0 Å². The second kappa shape index (κ2) is 7.51. The number of aliphatic hydroxyl groups is 1. The van der Waals surface area contributed by atoms with Gasteiger partial charge in [0, 0.05) is 21.2 Å². The summed E-state index contributed by atoms with van der Waals surface area (Å²) in [6.45, 7) is 3.67. The predicted octanol–water partition coefficient (Wildman–Crippen LogP) is 4.72. The maximum Gasteiger partial charge on any atom is 0.203 e. The molecule has 0 aliphatic rings. The van der Waals surface area contributed by atoms with E-state index in [4.69, 9.17) is 37.4 Å². The minimum Gasteiger partial charge on any atom is -0.493 e. The van der Waals surface area contributed by atoms with Crippen LogP contribution in [-0.2, 0) is 0 Å². The molecule has 6 heteroatoms. The summed E-state index contributed by atoms with van der Waals surface area (Å²) in [5.74, 6) is 1.34. The fourth-order valence-electron chi connectivity index (χ4n) is 2.79. The first-order chi connectivity index (χ1) is 11.4. The Hall–Kier alpha value is -1.62. The normalized spacial score (nSPS) is 12.0. The minimum absolute atomic E-state index is 0.400. The van der Waals surface area contributed by atoms with Crippen molar-refractivity contribution in [3.05, 3.63) is 50.5 Å². The van der Waals surface area contributed by atoms with Crippen LogP contribution in [0.4, 0.5) is 0 Å². The Labute approximate surface area is 151 Å². The standard InChI is InChI=1S/C18H20Cl2O4/c1-9-8-13(22-3)17(23-4)18(24-5)14(9)16(21)15-10(2)11(19)6-7-12(15)20/h6-8,16,21H,1-5H3. The molecule has 0 amide bonds. The molecule has 0 aliphatic heterocycles. The lowest BCUT2D eigenvalue weighted by Gasteiger charge is -2.23. The highest BCUT2D eigenvalue weighted by molar-refractivity contribution is 6.34. The lowest BCUT2D eigenvalue weighted by Crippen LogP contribution is -2.09. The molecule has 0 heterocycles. The van der Waals surface area contributed by atoms with Crippen LogP contribution < -0.4 is 14.2 Å². The van der Waals surface area contributed by atoms with Crippen molar-refractivity contribution in [3.8, 4) is 17.2 Å². The molecule has 1 N–H and O–H groups in total. The molecule has 1 unspecified atom stereocenters. The van der Waals surface area contributed by atoms with Gasteiger partial charge in [-0.15, -0.1) is 0 Å². The highest BCUT2D eigenvalue weighted by atomic mass is 35.5. The van der Waals surface area contributed by atoms with E-state index in [0.29, 0.717) is 44.0 Å². The van der Waals surface area contributed by atoms with Crippen LogP contribution in [0.1, 0.15) is 28.4 Å². The fourth-order valence-corrected chi connectivity index (χ4v) is 3.26. The van der Waals surface area contributed by atoms with Gasteiger partial charge in [0.25, 0.3) is 0 Å². The summed E-state index contributed by atoms with van der Waals surface area (Å²) >= 11 is 12.5. The zero-order valence-corrected chi connectivity index (χ0v) is 15.7. The van der Waals surface area contributed by atoms with Crippen LogP contribution >= 0.6 is 23.2 Å². The van der Waals surface area contributed by atoms with E-state index in [2.05, 4.69) is 0 Å². The minimum atomic E-state index is -1.02. The average Bonchev–Trinajstić information content (AvgIpc) is 2.56. The van der Waals surface area contributed by atoms with Crippen molar-refractivity contribution < 1.29 is 19.3 Å². The topological polar surface area (TPSA) is 47.9 Å². The van der Waals surface area contributed by atoms with E-state index in [-0.39, 0.29) is 0 Å². The monoisotopic (exact) mass is 370 g/mol. The summed E-state index contributed by atoms with van der Waals surface area (Å²) in [6, 6.07) is 5.15. The Morgan fingerprint density at radius 2 is 1.46 bits per heavy atom. The van der Waals surface area contributed by atoms with Gasteiger partial charge in [-0.05, 0) is 43.2 Å². The molecule has 0 spiro atoms. The van der Waals surface area contributed by atoms with Crippen molar-refractivity contribution in [3.63, 3.8) is 0 Å². The Bertz CT molecular complexity index is 759. The zero-order valence-electron chi connectivity index (χ0n) is 14.2. The largest absolute Gasteiger partial charge is 0.493 e. The second-order valence-electron chi connectivity index (χ2n) is 5.35. The summed E-state index contributed by atoms with van der Waals surface area (Å²) in [4.78, 5) is 0. The van der Waals surface area contributed by atoms with Crippen LogP contribution in [-0.4, -0.2) is 26.4 Å². The number of aliphatic hydroxyl groups excluding tert-OH is 1. The van der Waals surface area contributed by atoms with Crippen LogP contribution in [0.3, 0.4) is 0 Å². The molecule has 2 aromatic carbocycles. The SMILES string of the molecule is COc1cc(C)c(C(O)c2c(Cl)ccc(Cl)c2C)c(OC)c1OC. The van der Waals surface area contributed by atoms with Crippen LogP contribution in [0.2, 0.25) is 10.0 Å². The van der Waals surface area contributed by atoms with Gasteiger partial charge in [-0.1, -0.05) is 23.2 Å². The average molecular weight is 371 g/mol. The molecular weight excluding hydrogens is 351 g/mol. The molecule has 0 aliphatic carbocycles. The summed E-state index contributed by atoms with van der Waals surface area (Å²) in [5.41, 5.74) is 2.60. The van der Waals surface area contributed by atoms with Crippen LogP contribution in [0.5, 0.6) is 17.2 Å². The number of benzene rings is 2. The maximum atomic E-state index is 11.0. The maximum absolute atomic E-state index is 11.0. The third-order valence-electron chi connectivity index (χ3n) is 4.02. The van der Waals surface area contributed by atoms with Crippen molar-refractivity contribution in [2.45, 2.75) is 20.0 Å². The van der Waals surface area contributed by atoms with Crippen LogP contribution in [0.15, 0.2) is 18.2 Å². The highest BCUT2D eigenvalue weighted by Crippen LogP contribution is 2.47. The van der Waals surface area contributed by atoms with E-state index in [0.717, 1.165) is 5.56 Å². The van der Waals surface area contributed by atoms with Gasteiger partial charge in [-0.3, -0.25) is 0 Å². The first kappa shape index (κ1) is 18.7. The third kappa shape index (κ3) is 3.14. The second-order valence-corrected chi connectivity index (χ2v) is 6.16. The summed E-state index contributed by atoms with van der Waals surface area (Å²) in [7, 11) is 4.58. The molecule has 2 aromatic rings.